The molecule has 4 rings (SSSR count). The van der Waals surface area contributed by atoms with Crippen molar-refractivity contribution in [2.75, 3.05) is 13.7 Å². The number of ether oxygens (including phenoxy) is 1. The summed E-state index contributed by atoms with van der Waals surface area (Å²) in [4.78, 5) is 15.1. The Labute approximate surface area is 152 Å². The summed E-state index contributed by atoms with van der Waals surface area (Å²) in [5, 5.41) is 7.65. The number of aromatic nitrogens is 3. The maximum Gasteiger partial charge on any atom is 0.254 e. The first-order valence-electron chi connectivity index (χ1n) is 8.66. The molecule has 1 amide bonds. The molecule has 3 aromatic rings. The zero-order valence-corrected chi connectivity index (χ0v) is 14.6. The fraction of sp³-hybridized carbons (Fsp3) is 0.250. The molecule has 2 aromatic carbocycles. The second-order valence-corrected chi connectivity index (χ2v) is 6.35. The van der Waals surface area contributed by atoms with Gasteiger partial charge in [-0.25, -0.2) is 0 Å². The Morgan fingerprint density at radius 1 is 1.12 bits per heavy atom. The van der Waals surface area contributed by atoms with Gasteiger partial charge in [-0.2, -0.15) is 0 Å². The molecule has 1 saturated heterocycles. The highest BCUT2D eigenvalue weighted by atomic mass is 16.5. The Morgan fingerprint density at radius 3 is 2.73 bits per heavy atom. The Hall–Kier alpha value is -3.15. The zero-order valence-electron chi connectivity index (χ0n) is 14.6. The number of hydrogen-bond donors (Lipinski definition) is 0. The Balaban J connectivity index is 1.62. The van der Waals surface area contributed by atoms with Crippen LogP contribution in [-0.4, -0.2) is 39.2 Å². The fourth-order valence-corrected chi connectivity index (χ4v) is 3.50. The molecule has 0 bridgehead atoms. The van der Waals surface area contributed by atoms with Crippen molar-refractivity contribution in [3.63, 3.8) is 0 Å². The molecule has 1 atom stereocenters. The lowest BCUT2D eigenvalue weighted by Crippen LogP contribution is -2.30. The molecular formula is C20H20N4O2. The number of carbonyl (C=O) groups excluding carboxylic acids is 1. The summed E-state index contributed by atoms with van der Waals surface area (Å²) < 4.78 is 7.13. The van der Waals surface area contributed by atoms with Crippen LogP contribution in [0, 0.1) is 0 Å². The van der Waals surface area contributed by atoms with Crippen LogP contribution in [0.4, 0.5) is 0 Å². The molecule has 0 saturated carbocycles. The fourth-order valence-electron chi connectivity index (χ4n) is 3.50. The summed E-state index contributed by atoms with van der Waals surface area (Å²) >= 11 is 0. The highest BCUT2D eigenvalue weighted by Crippen LogP contribution is 2.34. The summed E-state index contributed by atoms with van der Waals surface area (Å²) in [6.45, 7) is 0.761. The van der Waals surface area contributed by atoms with Crippen molar-refractivity contribution in [3.8, 4) is 11.4 Å². The van der Waals surface area contributed by atoms with E-state index in [0.29, 0.717) is 5.56 Å². The predicted molar refractivity (Wildman–Crippen MR) is 97.4 cm³/mol. The van der Waals surface area contributed by atoms with E-state index in [4.69, 9.17) is 4.74 Å². The maximum atomic E-state index is 13.2. The van der Waals surface area contributed by atoms with Crippen molar-refractivity contribution in [1.29, 1.82) is 0 Å². The maximum absolute atomic E-state index is 13.2. The summed E-state index contributed by atoms with van der Waals surface area (Å²) in [6.07, 6.45) is 5.21. The van der Waals surface area contributed by atoms with Gasteiger partial charge in [0.1, 0.15) is 18.4 Å². The average Bonchev–Trinajstić information content (AvgIpc) is 3.39. The predicted octanol–water partition coefficient (Wildman–Crippen LogP) is 3.25. The molecule has 1 fully saturated rings. The van der Waals surface area contributed by atoms with Crippen LogP contribution < -0.4 is 4.74 Å². The van der Waals surface area contributed by atoms with E-state index in [9.17, 15) is 4.79 Å². The van der Waals surface area contributed by atoms with Gasteiger partial charge in [0.2, 0.25) is 0 Å². The molecule has 1 aliphatic heterocycles. The van der Waals surface area contributed by atoms with Gasteiger partial charge in [-0.05, 0) is 48.7 Å². The zero-order chi connectivity index (χ0) is 17.9. The van der Waals surface area contributed by atoms with Crippen molar-refractivity contribution in [2.45, 2.75) is 18.9 Å². The van der Waals surface area contributed by atoms with E-state index in [-0.39, 0.29) is 11.9 Å². The molecule has 1 aromatic heterocycles. The minimum Gasteiger partial charge on any atom is -0.497 e. The molecule has 0 N–H and O–H groups in total. The molecule has 0 aliphatic carbocycles. The lowest BCUT2D eigenvalue weighted by Gasteiger charge is -2.25. The van der Waals surface area contributed by atoms with Crippen LogP contribution in [0.3, 0.4) is 0 Å². The van der Waals surface area contributed by atoms with Crippen LogP contribution in [0.25, 0.3) is 5.69 Å². The first-order chi connectivity index (χ1) is 12.8. The molecular weight excluding hydrogens is 328 g/mol. The minimum absolute atomic E-state index is 0.0465. The smallest absolute Gasteiger partial charge is 0.254 e. The summed E-state index contributed by atoms with van der Waals surface area (Å²) in [6, 6.07) is 15.6. The van der Waals surface area contributed by atoms with Gasteiger partial charge in [-0.15, -0.1) is 10.2 Å². The SMILES string of the molecule is COc1cccc([C@@H]2CCCN2C(=O)c2cccc(-n3cnnc3)c2)c1. The van der Waals surface area contributed by atoms with E-state index >= 15 is 0 Å². The summed E-state index contributed by atoms with van der Waals surface area (Å²) in [5.74, 6) is 0.863. The first-order valence-corrected chi connectivity index (χ1v) is 8.66. The molecule has 2 heterocycles. The highest BCUT2D eigenvalue weighted by molar-refractivity contribution is 5.95. The molecule has 132 valence electrons. The molecule has 6 heteroatoms. The third-order valence-electron chi connectivity index (χ3n) is 4.80. The molecule has 0 radical (unpaired) electrons. The lowest BCUT2D eigenvalue weighted by atomic mass is 10.0. The second kappa shape index (κ2) is 7.00. The summed E-state index contributed by atoms with van der Waals surface area (Å²) in [5.41, 5.74) is 2.66. The largest absolute Gasteiger partial charge is 0.497 e. The Kier molecular flexibility index (Phi) is 4.39. The van der Waals surface area contributed by atoms with Gasteiger partial charge >= 0.3 is 0 Å². The number of nitrogens with zero attached hydrogens (tertiary/aromatic N) is 4. The number of methoxy groups -OCH3 is 1. The van der Waals surface area contributed by atoms with Gasteiger partial charge in [0, 0.05) is 17.8 Å². The highest BCUT2D eigenvalue weighted by Gasteiger charge is 2.30. The number of hydrogen-bond acceptors (Lipinski definition) is 4. The molecule has 1 aliphatic rings. The number of carbonyl (C=O) groups is 1. The minimum atomic E-state index is 0.0465. The Morgan fingerprint density at radius 2 is 1.92 bits per heavy atom. The van der Waals surface area contributed by atoms with E-state index in [1.54, 1.807) is 24.3 Å². The van der Waals surface area contributed by atoms with Crippen molar-refractivity contribution in [3.05, 3.63) is 72.3 Å². The van der Waals surface area contributed by atoms with Crippen LogP contribution in [-0.2, 0) is 0 Å². The van der Waals surface area contributed by atoms with Crippen molar-refractivity contribution < 1.29 is 9.53 Å². The van der Waals surface area contributed by atoms with Crippen LogP contribution in [0.5, 0.6) is 5.75 Å². The first kappa shape index (κ1) is 16.3. The number of benzene rings is 2. The van der Waals surface area contributed by atoms with Crippen molar-refractivity contribution >= 4 is 5.91 Å². The van der Waals surface area contributed by atoms with E-state index in [2.05, 4.69) is 16.3 Å². The van der Waals surface area contributed by atoms with Gasteiger partial charge in [-0.3, -0.25) is 9.36 Å². The number of likely N-dealkylation sites (tertiary alicyclic amines) is 1. The van der Waals surface area contributed by atoms with Gasteiger partial charge < -0.3 is 9.64 Å². The van der Waals surface area contributed by atoms with Crippen LogP contribution in [0.15, 0.2) is 61.2 Å². The molecule has 0 unspecified atom stereocenters. The van der Waals surface area contributed by atoms with Crippen molar-refractivity contribution in [1.82, 2.24) is 19.7 Å². The van der Waals surface area contributed by atoms with E-state index in [1.165, 1.54) is 0 Å². The van der Waals surface area contributed by atoms with Crippen molar-refractivity contribution in [2.24, 2.45) is 0 Å². The second-order valence-electron chi connectivity index (χ2n) is 6.35. The number of amides is 1. The van der Waals surface area contributed by atoms with Gasteiger partial charge in [0.25, 0.3) is 5.91 Å². The molecule has 6 nitrogen and oxygen atoms in total. The van der Waals surface area contributed by atoms with Gasteiger partial charge in [0.05, 0.1) is 13.2 Å². The average molecular weight is 348 g/mol. The van der Waals surface area contributed by atoms with Crippen LogP contribution in [0.2, 0.25) is 0 Å². The van der Waals surface area contributed by atoms with E-state index in [1.807, 2.05) is 47.4 Å². The van der Waals surface area contributed by atoms with Crippen LogP contribution >= 0.6 is 0 Å². The quantitative estimate of drug-likeness (QED) is 0.726. The van der Waals surface area contributed by atoms with Gasteiger partial charge in [0.15, 0.2) is 0 Å². The molecule has 26 heavy (non-hydrogen) atoms. The van der Waals surface area contributed by atoms with E-state index < -0.39 is 0 Å². The molecule has 0 spiro atoms. The monoisotopic (exact) mass is 348 g/mol. The normalized spacial score (nSPS) is 16.7. The van der Waals surface area contributed by atoms with Gasteiger partial charge in [-0.1, -0.05) is 18.2 Å². The third kappa shape index (κ3) is 3.06. The number of rotatable bonds is 4. The third-order valence-corrected chi connectivity index (χ3v) is 4.80. The Bertz CT molecular complexity index is 908. The van der Waals surface area contributed by atoms with Crippen LogP contribution in [0.1, 0.15) is 34.8 Å². The topological polar surface area (TPSA) is 60.2 Å². The van der Waals surface area contributed by atoms with E-state index in [0.717, 1.165) is 36.4 Å². The summed E-state index contributed by atoms with van der Waals surface area (Å²) in [7, 11) is 1.66. The lowest BCUT2D eigenvalue weighted by molar-refractivity contribution is 0.0735. The standard InChI is InChI=1S/C20H20N4O2/c1-26-18-8-3-5-15(12-18)19-9-4-10-24(19)20(25)16-6-2-7-17(11-16)23-13-21-22-14-23/h2-3,5-8,11-14,19H,4,9-10H2,1H3/t19-/m0/s1.